The fourth-order valence-electron chi connectivity index (χ4n) is 2.18. The summed E-state index contributed by atoms with van der Waals surface area (Å²) in [5.74, 6) is 0. The van der Waals surface area contributed by atoms with Crippen molar-refractivity contribution in [3.8, 4) is 0 Å². The molecule has 0 aromatic heterocycles. The molecule has 1 saturated carbocycles. The Morgan fingerprint density at radius 1 is 1.47 bits per heavy atom. The van der Waals surface area contributed by atoms with Gasteiger partial charge in [0.15, 0.2) is 0 Å². The minimum absolute atomic E-state index is 0.486. The van der Waals surface area contributed by atoms with E-state index in [-0.39, 0.29) is 0 Å². The van der Waals surface area contributed by atoms with Crippen LogP contribution in [0, 0.1) is 0 Å². The first-order valence-corrected chi connectivity index (χ1v) is 6.74. The monoisotopic (exact) mass is 248 g/mol. The standard InChI is InChI=1S/C14H20N2S/c1-2-8-16(13-6-7-13)10-11-4-3-5-12(9-11)14(15)17/h3-5,9,13H,2,6-8,10H2,1H3,(H2,15,17). The van der Waals surface area contributed by atoms with Gasteiger partial charge in [-0.25, -0.2) is 0 Å². The predicted molar refractivity (Wildman–Crippen MR) is 76.1 cm³/mol. The Labute approximate surface area is 109 Å². The highest BCUT2D eigenvalue weighted by Crippen LogP contribution is 2.28. The van der Waals surface area contributed by atoms with Crippen molar-refractivity contribution < 1.29 is 0 Å². The SMILES string of the molecule is CCCN(Cc1cccc(C(N)=S)c1)C1CC1. The topological polar surface area (TPSA) is 29.3 Å². The van der Waals surface area contributed by atoms with Crippen LogP contribution in [0.3, 0.4) is 0 Å². The third-order valence-electron chi connectivity index (χ3n) is 3.17. The van der Waals surface area contributed by atoms with Gasteiger partial charge in [-0.3, -0.25) is 4.90 Å². The van der Waals surface area contributed by atoms with Crippen molar-refractivity contribution in [2.24, 2.45) is 5.73 Å². The van der Waals surface area contributed by atoms with Crippen LogP contribution in [0.2, 0.25) is 0 Å². The summed E-state index contributed by atoms with van der Waals surface area (Å²) < 4.78 is 0. The lowest BCUT2D eigenvalue weighted by atomic mass is 10.1. The fourth-order valence-corrected chi connectivity index (χ4v) is 2.30. The molecule has 1 aromatic rings. The van der Waals surface area contributed by atoms with Crippen molar-refractivity contribution in [2.45, 2.75) is 38.8 Å². The lowest BCUT2D eigenvalue weighted by molar-refractivity contribution is 0.255. The lowest BCUT2D eigenvalue weighted by Crippen LogP contribution is -2.26. The molecule has 2 rings (SSSR count). The van der Waals surface area contributed by atoms with E-state index in [4.69, 9.17) is 18.0 Å². The summed E-state index contributed by atoms with van der Waals surface area (Å²) in [6.45, 7) is 4.44. The molecule has 0 saturated heterocycles. The van der Waals surface area contributed by atoms with E-state index in [1.807, 2.05) is 12.1 Å². The fraction of sp³-hybridized carbons (Fsp3) is 0.500. The van der Waals surface area contributed by atoms with E-state index < -0.39 is 0 Å². The number of hydrogen-bond donors (Lipinski definition) is 1. The molecule has 0 amide bonds. The second-order valence-corrected chi connectivity index (χ2v) is 5.21. The molecule has 0 heterocycles. The quantitative estimate of drug-likeness (QED) is 0.785. The largest absolute Gasteiger partial charge is 0.389 e. The lowest BCUT2D eigenvalue weighted by Gasteiger charge is -2.21. The van der Waals surface area contributed by atoms with Gasteiger partial charge in [0.1, 0.15) is 4.99 Å². The van der Waals surface area contributed by atoms with E-state index in [9.17, 15) is 0 Å². The van der Waals surface area contributed by atoms with Crippen LogP contribution in [0.25, 0.3) is 0 Å². The average Bonchev–Trinajstić information content (AvgIpc) is 3.13. The minimum atomic E-state index is 0.486. The number of thiocarbonyl (C=S) groups is 1. The summed E-state index contributed by atoms with van der Waals surface area (Å²) in [6.07, 6.45) is 3.93. The first-order chi connectivity index (χ1) is 8.20. The molecule has 1 fully saturated rings. The molecule has 0 atom stereocenters. The summed E-state index contributed by atoms with van der Waals surface area (Å²) in [6, 6.07) is 9.11. The maximum Gasteiger partial charge on any atom is 0.103 e. The molecule has 0 unspecified atom stereocenters. The summed E-state index contributed by atoms with van der Waals surface area (Å²) in [4.78, 5) is 3.05. The van der Waals surface area contributed by atoms with E-state index in [1.165, 1.54) is 31.4 Å². The average molecular weight is 248 g/mol. The third kappa shape index (κ3) is 3.51. The van der Waals surface area contributed by atoms with Crippen LogP contribution in [0.5, 0.6) is 0 Å². The molecule has 1 aliphatic rings. The second kappa shape index (κ2) is 5.61. The van der Waals surface area contributed by atoms with Gasteiger partial charge in [-0.05, 0) is 37.4 Å². The van der Waals surface area contributed by atoms with Crippen LogP contribution < -0.4 is 5.73 Å². The Morgan fingerprint density at radius 3 is 2.82 bits per heavy atom. The third-order valence-corrected chi connectivity index (χ3v) is 3.41. The number of nitrogens with two attached hydrogens (primary N) is 1. The van der Waals surface area contributed by atoms with Crippen molar-refractivity contribution in [3.05, 3.63) is 35.4 Å². The van der Waals surface area contributed by atoms with Gasteiger partial charge in [0.05, 0.1) is 0 Å². The van der Waals surface area contributed by atoms with E-state index in [0.29, 0.717) is 4.99 Å². The second-order valence-electron chi connectivity index (χ2n) is 4.77. The van der Waals surface area contributed by atoms with Crippen LogP contribution in [-0.4, -0.2) is 22.5 Å². The van der Waals surface area contributed by atoms with Crippen molar-refractivity contribution in [1.82, 2.24) is 4.90 Å². The van der Waals surface area contributed by atoms with Gasteiger partial charge in [0.25, 0.3) is 0 Å². The summed E-state index contributed by atoms with van der Waals surface area (Å²) in [7, 11) is 0. The number of hydrogen-bond acceptors (Lipinski definition) is 2. The zero-order chi connectivity index (χ0) is 12.3. The van der Waals surface area contributed by atoms with Gasteiger partial charge in [-0.2, -0.15) is 0 Å². The minimum Gasteiger partial charge on any atom is -0.389 e. The summed E-state index contributed by atoms with van der Waals surface area (Å²) in [5, 5.41) is 0. The Kier molecular flexibility index (Phi) is 4.13. The van der Waals surface area contributed by atoms with Crippen LogP contribution in [0.15, 0.2) is 24.3 Å². The molecular weight excluding hydrogens is 228 g/mol. The van der Waals surface area contributed by atoms with E-state index in [2.05, 4.69) is 24.0 Å². The summed E-state index contributed by atoms with van der Waals surface area (Å²) >= 11 is 5.01. The number of rotatable bonds is 6. The summed E-state index contributed by atoms with van der Waals surface area (Å²) in [5.41, 5.74) is 7.95. The molecule has 2 N–H and O–H groups in total. The molecule has 92 valence electrons. The number of benzene rings is 1. The first-order valence-electron chi connectivity index (χ1n) is 6.33. The highest BCUT2D eigenvalue weighted by atomic mass is 32.1. The van der Waals surface area contributed by atoms with Crippen molar-refractivity contribution >= 4 is 17.2 Å². The smallest absolute Gasteiger partial charge is 0.103 e. The van der Waals surface area contributed by atoms with Crippen LogP contribution in [0.1, 0.15) is 37.3 Å². The Bertz CT molecular complexity index is 399. The maximum absolute atomic E-state index is 5.66. The van der Waals surface area contributed by atoms with Gasteiger partial charge >= 0.3 is 0 Å². The Morgan fingerprint density at radius 2 is 2.24 bits per heavy atom. The molecule has 2 nitrogen and oxygen atoms in total. The zero-order valence-electron chi connectivity index (χ0n) is 10.4. The van der Waals surface area contributed by atoms with Gasteiger partial charge in [0.2, 0.25) is 0 Å². The number of nitrogens with zero attached hydrogens (tertiary/aromatic N) is 1. The first kappa shape index (κ1) is 12.5. The zero-order valence-corrected chi connectivity index (χ0v) is 11.2. The van der Waals surface area contributed by atoms with Crippen LogP contribution in [0.4, 0.5) is 0 Å². The predicted octanol–water partition coefficient (Wildman–Crippen LogP) is 2.70. The van der Waals surface area contributed by atoms with Crippen molar-refractivity contribution in [2.75, 3.05) is 6.54 Å². The molecule has 1 aliphatic carbocycles. The van der Waals surface area contributed by atoms with Gasteiger partial charge in [0, 0.05) is 18.2 Å². The van der Waals surface area contributed by atoms with E-state index in [0.717, 1.165) is 18.2 Å². The Hall–Kier alpha value is -0.930. The van der Waals surface area contributed by atoms with Crippen molar-refractivity contribution in [1.29, 1.82) is 0 Å². The molecule has 0 spiro atoms. The Balaban J connectivity index is 2.05. The van der Waals surface area contributed by atoms with Crippen molar-refractivity contribution in [3.63, 3.8) is 0 Å². The highest BCUT2D eigenvalue weighted by Gasteiger charge is 2.28. The molecule has 0 aliphatic heterocycles. The van der Waals surface area contributed by atoms with Gasteiger partial charge < -0.3 is 5.73 Å². The van der Waals surface area contributed by atoms with Crippen LogP contribution in [-0.2, 0) is 6.54 Å². The molecule has 3 heteroatoms. The van der Waals surface area contributed by atoms with E-state index in [1.54, 1.807) is 0 Å². The highest BCUT2D eigenvalue weighted by molar-refractivity contribution is 7.80. The molecule has 0 bridgehead atoms. The van der Waals surface area contributed by atoms with Gasteiger partial charge in [-0.1, -0.05) is 37.3 Å². The van der Waals surface area contributed by atoms with Crippen LogP contribution >= 0.6 is 12.2 Å². The van der Waals surface area contributed by atoms with E-state index >= 15 is 0 Å². The molecule has 17 heavy (non-hydrogen) atoms. The maximum atomic E-state index is 5.66. The van der Waals surface area contributed by atoms with Gasteiger partial charge in [-0.15, -0.1) is 0 Å². The molecule has 0 radical (unpaired) electrons. The molecule has 1 aromatic carbocycles. The molecular formula is C14H20N2S. The normalized spacial score (nSPS) is 15.2.